The molecule has 9 nitrogen and oxygen atoms in total. The van der Waals surface area contributed by atoms with E-state index in [9.17, 15) is 14.4 Å². The van der Waals surface area contributed by atoms with Crippen LogP contribution in [0.15, 0.2) is 21.3 Å². The monoisotopic (exact) mass is 423 g/mol. The fourth-order valence-electron chi connectivity index (χ4n) is 2.58. The average molecular weight is 424 g/mol. The van der Waals surface area contributed by atoms with Crippen LogP contribution in [0.3, 0.4) is 0 Å². The molecule has 0 saturated heterocycles. The number of hydrogen-bond donors (Lipinski definition) is 1. The number of halogens is 1. The van der Waals surface area contributed by atoms with Crippen molar-refractivity contribution in [1.82, 2.24) is 9.59 Å². The molecule has 2 aromatic heterocycles. The van der Waals surface area contributed by atoms with Crippen LogP contribution in [0.4, 0.5) is 5.00 Å². The normalized spacial score (nSPS) is 10.7. The van der Waals surface area contributed by atoms with Crippen LogP contribution < -0.4 is 15.7 Å². The van der Waals surface area contributed by atoms with Gasteiger partial charge in [-0.2, -0.15) is 0 Å². The predicted octanol–water partition coefficient (Wildman–Crippen LogP) is 2.58. The Kier molecular flexibility index (Phi) is 5.61. The first-order chi connectivity index (χ1) is 13.3. The maximum Gasteiger partial charge on any atom is 0.361 e. The minimum absolute atomic E-state index is 0.109. The predicted molar refractivity (Wildman–Crippen MR) is 102 cm³/mol. The van der Waals surface area contributed by atoms with E-state index in [1.165, 1.54) is 20.3 Å². The smallest absolute Gasteiger partial charge is 0.361 e. The minimum atomic E-state index is -0.728. The summed E-state index contributed by atoms with van der Waals surface area (Å²) in [5.41, 5.74) is 0.264. The maximum atomic E-state index is 12.4. The molecule has 1 amide bonds. The van der Waals surface area contributed by atoms with Crippen LogP contribution in [0.5, 0.6) is 5.75 Å². The number of ether oxygens (including phenoxy) is 2. The molecule has 1 N–H and O–H groups in total. The SMILES string of the molecule is COC(=O)c1nnsc1NC(=O)Cc1c(C)c2cc(Cl)c(OC)cc2oc1=O. The molecular weight excluding hydrogens is 410 g/mol. The van der Waals surface area contributed by atoms with Crippen LogP contribution in [0.25, 0.3) is 11.0 Å². The summed E-state index contributed by atoms with van der Waals surface area (Å²) in [4.78, 5) is 36.4. The van der Waals surface area contributed by atoms with E-state index in [1.54, 1.807) is 13.0 Å². The van der Waals surface area contributed by atoms with Crippen molar-refractivity contribution in [3.63, 3.8) is 0 Å². The van der Waals surface area contributed by atoms with E-state index in [1.807, 2.05) is 0 Å². The zero-order valence-corrected chi connectivity index (χ0v) is 16.6. The zero-order valence-electron chi connectivity index (χ0n) is 15.0. The van der Waals surface area contributed by atoms with Crippen molar-refractivity contribution in [3.05, 3.63) is 44.4 Å². The van der Waals surface area contributed by atoms with E-state index in [0.29, 0.717) is 27.3 Å². The highest BCUT2D eigenvalue weighted by atomic mass is 35.5. The lowest BCUT2D eigenvalue weighted by Gasteiger charge is -2.10. The molecule has 0 bridgehead atoms. The van der Waals surface area contributed by atoms with Gasteiger partial charge in [0.15, 0.2) is 5.00 Å². The Bertz CT molecular complexity index is 1140. The minimum Gasteiger partial charge on any atom is -0.495 e. The highest BCUT2D eigenvalue weighted by Gasteiger charge is 2.21. The molecule has 1 aromatic carbocycles. The van der Waals surface area contributed by atoms with Crippen LogP contribution in [-0.4, -0.2) is 35.7 Å². The Balaban J connectivity index is 1.92. The van der Waals surface area contributed by atoms with E-state index in [4.69, 9.17) is 20.8 Å². The van der Waals surface area contributed by atoms with E-state index in [0.717, 1.165) is 11.5 Å². The first-order valence-corrected chi connectivity index (χ1v) is 9.01. The van der Waals surface area contributed by atoms with Gasteiger partial charge >= 0.3 is 11.6 Å². The lowest BCUT2D eigenvalue weighted by molar-refractivity contribution is -0.115. The molecule has 0 radical (unpaired) electrons. The van der Waals surface area contributed by atoms with Crippen LogP contribution >= 0.6 is 23.1 Å². The van der Waals surface area contributed by atoms with Crippen molar-refractivity contribution in [1.29, 1.82) is 0 Å². The van der Waals surface area contributed by atoms with E-state index >= 15 is 0 Å². The van der Waals surface area contributed by atoms with Gasteiger partial charge in [-0.25, -0.2) is 9.59 Å². The molecule has 0 saturated carbocycles. The third-order valence-electron chi connectivity index (χ3n) is 4.02. The second-order valence-corrected chi connectivity index (χ2v) is 6.80. The van der Waals surface area contributed by atoms with Gasteiger partial charge in [-0.05, 0) is 18.6 Å². The van der Waals surface area contributed by atoms with Gasteiger partial charge in [-0.1, -0.05) is 16.1 Å². The molecule has 11 heteroatoms. The quantitative estimate of drug-likeness (QED) is 0.491. The standard InChI is InChI=1S/C17H14ClN3O6S/c1-7-8-4-10(18)12(25-2)6-11(8)27-16(23)9(7)5-13(22)19-15-14(17(24)26-3)20-21-28-15/h4,6H,5H2,1-3H3,(H,19,22). The Morgan fingerprint density at radius 3 is 2.75 bits per heavy atom. The van der Waals surface area contributed by atoms with Gasteiger partial charge < -0.3 is 19.2 Å². The van der Waals surface area contributed by atoms with Gasteiger partial charge in [0.2, 0.25) is 11.6 Å². The summed E-state index contributed by atoms with van der Waals surface area (Å²) in [7, 11) is 2.64. The van der Waals surface area contributed by atoms with Crippen molar-refractivity contribution in [2.75, 3.05) is 19.5 Å². The van der Waals surface area contributed by atoms with Crippen LogP contribution in [-0.2, 0) is 16.0 Å². The number of carbonyl (C=O) groups is 2. The summed E-state index contributed by atoms with van der Waals surface area (Å²) >= 11 is 6.97. The number of esters is 1. The molecule has 0 aliphatic heterocycles. The van der Waals surface area contributed by atoms with Gasteiger partial charge in [0.05, 0.1) is 31.2 Å². The first-order valence-electron chi connectivity index (χ1n) is 7.86. The molecule has 0 spiro atoms. The summed E-state index contributed by atoms with van der Waals surface area (Å²) in [6.07, 6.45) is -0.272. The van der Waals surface area contributed by atoms with E-state index in [-0.39, 0.29) is 22.7 Å². The number of benzene rings is 1. The van der Waals surface area contributed by atoms with Crippen molar-refractivity contribution in [2.24, 2.45) is 0 Å². The summed E-state index contributed by atoms with van der Waals surface area (Å²) in [6.45, 7) is 1.69. The summed E-state index contributed by atoms with van der Waals surface area (Å²) in [5, 5.41) is 7.20. The highest BCUT2D eigenvalue weighted by Crippen LogP contribution is 2.31. The van der Waals surface area contributed by atoms with Gasteiger partial charge in [0.25, 0.3) is 0 Å². The molecule has 28 heavy (non-hydrogen) atoms. The molecular formula is C17H14ClN3O6S. The van der Waals surface area contributed by atoms with Crippen molar-refractivity contribution in [3.8, 4) is 5.75 Å². The van der Waals surface area contributed by atoms with Gasteiger partial charge in [-0.3, -0.25) is 4.79 Å². The average Bonchev–Trinajstić information content (AvgIpc) is 3.12. The number of amides is 1. The Morgan fingerprint density at radius 1 is 1.32 bits per heavy atom. The third kappa shape index (κ3) is 3.69. The fraction of sp³-hybridized carbons (Fsp3) is 0.235. The van der Waals surface area contributed by atoms with Crippen LogP contribution in [0, 0.1) is 6.92 Å². The van der Waals surface area contributed by atoms with E-state index < -0.39 is 17.5 Å². The van der Waals surface area contributed by atoms with Gasteiger partial charge in [0.1, 0.15) is 11.3 Å². The molecule has 2 heterocycles. The Hall–Kier alpha value is -2.98. The van der Waals surface area contributed by atoms with Crippen LogP contribution in [0.1, 0.15) is 21.6 Å². The Labute approximate surface area is 167 Å². The first kappa shape index (κ1) is 19.8. The second kappa shape index (κ2) is 7.95. The molecule has 3 aromatic rings. The van der Waals surface area contributed by atoms with Gasteiger partial charge in [-0.15, -0.1) is 5.10 Å². The van der Waals surface area contributed by atoms with Crippen molar-refractivity contribution >= 4 is 51.0 Å². The lowest BCUT2D eigenvalue weighted by Crippen LogP contribution is -2.21. The highest BCUT2D eigenvalue weighted by molar-refractivity contribution is 7.10. The lowest BCUT2D eigenvalue weighted by atomic mass is 10.0. The number of carbonyl (C=O) groups excluding carboxylic acids is 2. The topological polar surface area (TPSA) is 121 Å². The number of nitrogens with one attached hydrogen (secondary N) is 1. The molecule has 0 fully saturated rings. The number of fused-ring (bicyclic) bond motifs is 1. The number of methoxy groups -OCH3 is 2. The summed E-state index contributed by atoms with van der Waals surface area (Å²) in [6, 6.07) is 3.12. The maximum absolute atomic E-state index is 12.4. The molecule has 0 aliphatic carbocycles. The molecule has 146 valence electrons. The van der Waals surface area contributed by atoms with E-state index in [2.05, 4.69) is 19.6 Å². The van der Waals surface area contributed by atoms with Crippen molar-refractivity contribution < 1.29 is 23.5 Å². The summed E-state index contributed by atoms with van der Waals surface area (Å²) in [5.74, 6) is -0.894. The van der Waals surface area contributed by atoms with Crippen LogP contribution in [0.2, 0.25) is 5.02 Å². The molecule has 0 atom stereocenters. The Morgan fingerprint density at radius 2 is 2.07 bits per heavy atom. The second-order valence-electron chi connectivity index (χ2n) is 5.64. The third-order valence-corrected chi connectivity index (χ3v) is 4.95. The number of nitrogens with zero attached hydrogens (tertiary/aromatic N) is 2. The number of aryl methyl sites for hydroxylation is 1. The van der Waals surface area contributed by atoms with Crippen molar-refractivity contribution in [2.45, 2.75) is 13.3 Å². The summed E-state index contributed by atoms with van der Waals surface area (Å²) < 4.78 is 18.6. The number of hydrogen-bond acceptors (Lipinski definition) is 9. The molecule has 3 rings (SSSR count). The number of anilines is 1. The van der Waals surface area contributed by atoms with Gasteiger partial charge in [0, 0.05) is 23.0 Å². The largest absolute Gasteiger partial charge is 0.495 e. The molecule has 0 aliphatic rings. The molecule has 0 unspecified atom stereocenters. The number of aromatic nitrogens is 2. The fourth-order valence-corrected chi connectivity index (χ4v) is 3.40. The zero-order chi connectivity index (χ0) is 20.4. The number of rotatable bonds is 5.